The fourth-order valence-electron chi connectivity index (χ4n) is 3.45. The number of nitrogens with one attached hydrogen (secondary N) is 1. The first-order valence-corrected chi connectivity index (χ1v) is 9.68. The minimum Gasteiger partial charge on any atom is -0.368 e. The Morgan fingerprint density at radius 3 is 2.96 bits per heavy atom. The monoisotopic (exact) mass is 353 g/mol. The van der Waals surface area contributed by atoms with Crippen LogP contribution in [0.4, 0.5) is 5.95 Å². The number of benzene rings is 1. The lowest BCUT2D eigenvalue weighted by atomic mass is 10.0. The third-order valence-corrected chi connectivity index (χ3v) is 6.07. The van der Waals surface area contributed by atoms with Crippen molar-refractivity contribution in [2.24, 2.45) is 0 Å². The second-order valence-electron chi connectivity index (χ2n) is 6.53. The second-order valence-corrected chi connectivity index (χ2v) is 7.57. The molecule has 0 spiro atoms. The van der Waals surface area contributed by atoms with E-state index >= 15 is 0 Å². The van der Waals surface area contributed by atoms with Gasteiger partial charge in [0.1, 0.15) is 0 Å². The van der Waals surface area contributed by atoms with Gasteiger partial charge >= 0.3 is 0 Å². The Balaban J connectivity index is 1.55. The summed E-state index contributed by atoms with van der Waals surface area (Å²) in [7, 11) is 0. The average molecular weight is 353 g/mol. The quantitative estimate of drug-likeness (QED) is 0.884. The SMILES string of the molecule is Cc1cc(-c2ccnc(N)n2)ccc1CN1CSC2=C1CCNCC2. The normalized spacial score (nSPS) is 17.6. The molecule has 2 aromatic rings. The molecular formula is C19H23N5S. The lowest BCUT2D eigenvalue weighted by molar-refractivity contribution is 0.385. The highest BCUT2D eigenvalue weighted by Crippen LogP contribution is 2.37. The number of aromatic nitrogens is 2. The number of thioether (sulfide) groups is 1. The Hall–Kier alpha value is -2.05. The summed E-state index contributed by atoms with van der Waals surface area (Å²) in [5, 5.41) is 3.50. The van der Waals surface area contributed by atoms with Gasteiger partial charge in [-0.25, -0.2) is 9.97 Å². The van der Waals surface area contributed by atoms with Gasteiger partial charge in [-0.2, -0.15) is 0 Å². The Labute approximate surface area is 152 Å². The van der Waals surface area contributed by atoms with Crippen molar-refractivity contribution in [1.29, 1.82) is 0 Å². The van der Waals surface area contributed by atoms with Crippen molar-refractivity contribution < 1.29 is 0 Å². The molecule has 2 aliphatic heterocycles. The predicted octanol–water partition coefficient (Wildman–Crippen LogP) is 3.14. The summed E-state index contributed by atoms with van der Waals surface area (Å²) in [5.74, 6) is 1.39. The van der Waals surface area contributed by atoms with Crippen LogP contribution in [-0.4, -0.2) is 33.8 Å². The Morgan fingerprint density at radius 2 is 2.12 bits per heavy atom. The fraction of sp³-hybridized carbons (Fsp3) is 0.368. The number of rotatable bonds is 3. The van der Waals surface area contributed by atoms with Crippen molar-refractivity contribution in [3.05, 3.63) is 52.2 Å². The van der Waals surface area contributed by atoms with Gasteiger partial charge in [-0.3, -0.25) is 0 Å². The van der Waals surface area contributed by atoms with Gasteiger partial charge in [0.15, 0.2) is 0 Å². The molecule has 0 fully saturated rings. The van der Waals surface area contributed by atoms with Crippen LogP contribution in [0.3, 0.4) is 0 Å². The third-order valence-electron chi connectivity index (χ3n) is 4.84. The molecule has 3 N–H and O–H groups in total. The largest absolute Gasteiger partial charge is 0.368 e. The van der Waals surface area contributed by atoms with Gasteiger partial charge in [0, 0.05) is 41.9 Å². The molecule has 1 aromatic heterocycles. The van der Waals surface area contributed by atoms with Crippen LogP contribution in [0.25, 0.3) is 11.3 Å². The summed E-state index contributed by atoms with van der Waals surface area (Å²) >= 11 is 2.01. The van der Waals surface area contributed by atoms with Crippen molar-refractivity contribution in [1.82, 2.24) is 20.2 Å². The number of hydrogen-bond donors (Lipinski definition) is 2. The van der Waals surface area contributed by atoms with Crippen molar-refractivity contribution in [2.45, 2.75) is 26.3 Å². The lowest BCUT2D eigenvalue weighted by Gasteiger charge is -2.23. The number of nitrogens with two attached hydrogens (primary N) is 1. The first-order valence-electron chi connectivity index (χ1n) is 8.69. The fourth-order valence-corrected chi connectivity index (χ4v) is 4.66. The molecule has 1 aromatic carbocycles. The van der Waals surface area contributed by atoms with E-state index in [1.807, 2.05) is 17.8 Å². The molecule has 25 heavy (non-hydrogen) atoms. The molecule has 0 saturated heterocycles. The Kier molecular flexibility index (Phi) is 4.63. The highest BCUT2D eigenvalue weighted by molar-refractivity contribution is 8.03. The van der Waals surface area contributed by atoms with Crippen LogP contribution in [-0.2, 0) is 6.54 Å². The van der Waals surface area contributed by atoms with Gasteiger partial charge < -0.3 is 16.0 Å². The van der Waals surface area contributed by atoms with E-state index in [9.17, 15) is 0 Å². The van der Waals surface area contributed by atoms with E-state index in [1.165, 1.54) is 17.5 Å². The predicted molar refractivity (Wildman–Crippen MR) is 104 cm³/mol. The first-order chi connectivity index (χ1) is 12.2. The zero-order valence-electron chi connectivity index (χ0n) is 14.5. The summed E-state index contributed by atoms with van der Waals surface area (Å²) < 4.78 is 0. The number of nitrogen functional groups attached to an aromatic ring is 1. The number of anilines is 1. The van der Waals surface area contributed by atoms with Crippen molar-refractivity contribution in [3.8, 4) is 11.3 Å². The van der Waals surface area contributed by atoms with E-state index in [0.29, 0.717) is 5.95 Å². The Morgan fingerprint density at radius 1 is 1.24 bits per heavy atom. The van der Waals surface area contributed by atoms with E-state index < -0.39 is 0 Å². The molecule has 4 rings (SSSR count). The molecule has 5 nitrogen and oxygen atoms in total. The molecule has 2 aliphatic rings. The van der Waals surface area contributed by atoms with Crippen molar-refractivity contribution >= 4 is 17.7 Å². The molecule has 0 amide bonds. The van der Waals surface area contributed by atoms with E-state index in [-0.39, 0.29) is 0 Å². The van der Waals surface area contributed by atoms with Gasteiger partial charge in [-0.1, -0.05) is 12.1 Å². The molecule has 0 unspecified atom stereocenters. The molecule has 0 atom stereocenters. The van der Waals surface area contributed by atoms with E-state index in [1.54, 1.807) is 16.8 Å². The average Bonchev–Trinajstić information content (AvgIpc) is 2.83. The highest BCUT2D eigenvalue weighted by Gasteiger charge is 2.24. The molecule has 0 bridgehead atoms. The van der Waals surface area contributed by atoms with Crippen LogP contribution in [0.15, 0.2) is 41.1 Å². The molecule has 0 aliphatic carbocycles. The smallest absolute Gasteiger partial charge is 0.220 e. The van der Waals surface area contributed by atoms with Crippen LogP contribution >= 0.6 is 11.8 Å². The maximum atomic E-state index is 5.71. The van der Waals surface area contributed by atoms with Gasteiger partial charge in [0.05, 0.1) is 11.6 Å². The van der Waals surface area contributed by atoms with Gasteiger partial charge in [-0.05, 0) is 43.1 Å². The number of hydrogen-bond acceptors (Lipinski definition) is 6. The molecule has 3 heterocycles. The maximum Gasteiger partial charge on any atom is 0.220 e. The summed E-state index contributed by atoms with van der Waals surface area (Å²) in [4.78, 5) is 12.4. The zero-order chi connectivity index (χ0) is 17.2. The van der Waals surface area contributed by atoms with E-state index in [2.05, 4.69) is 45.3 Å². The summed E-state index contributed by atoms with van der Waals surface area (Å²) in [6, 6.07) is 8.46. The minimum absolute atomic E-state index is 0.315. The number of nitrogens with zero attached hydrogens (tertiary/aromatic N) is 3. The van der Waals surface area contributed by atoms with Crippen LogP contribution in [0, 0.1) is 6.92 Å². The van der Waals surface area contributed by atoms with Crippen molar-refractivity contribution in [3.63, 3.8) is 0 Å². The number of aryl methyl sites for hydroxylation is 1. The standard InChI is InChI=1S/C19H23N5S/c1-13-10-14(16-4-9-22-19(20)23-16)2-3-15(13)11-24-12-25-18-6-8-21-7-5-17(18)24/h2-4,9-10,21H,5-8,11-12H2,1H3,(H2,20,22,23). The summed E-state index contributed by atoms with van der Waals surface area (Å²) in [5.41, 5.74) is 11.9. The lowest BCUT2D eigenvalue weighted by Crippen LogP contribution is -2.22. The Bertz CT molecular complexity index is 817. The minimum atomic E-state index is 0.315. The molecule has 130 valence electrons. The zero-order valence-corrected chi connectivity index (χ0v) is 15.3. The van der Waals surface area contributed by atoms with Crippen LogP contribution in [0.1, 0.15) is 24.0 Å². The maximum absolute atomic E-state index is 5.71. The molecule has 0 saturated carbocycles. The van der Waals surface area contributed by atoms with Crippen LogP contribution < -0.4 is 11.1 Å². The molecule has 0 radical (unpaired) electrons. The van der Waals surface area contributed by atoms with Gasteiger partial charge in [0.2, 0.25) is 5.95 Å². The summed E-state index contributed by atoms with van der Waals surface area (Å²) in [6.45, 7) is 5.35. The molecular weight excluding hydrogens is 330 g/mol. The summed E-state index contributed by atoms with van der Waals surface area (Å²) in [6.07, 6.45) is 4.01. The topological polar surface area (TPSA) is 67.1 Å². The second kappa shape index (κ2) is 7.06. The van der Waals surface area contributed by atoms with E-state index in [0.717, 1.165) is 43.2 Å². The van der Waals surface area contributed by atoms with Gasteiger partial charge in [-0.15, -0.1) is 11.8 Å². The van der Waals surface area contributed by atoms with Crippen LogP contribution in [0.2, 0.25) is 0 Å². The van der Waals surface area contributed by atoms with E-state index in [4.69, 9.17) is 5.73 Å². The van der Waals surface area contributed by atoms with Gasteiger partial charge in [0.25, 0.3) is 0 Å². The first kappa shape index (κ1) is 16.4. The van der Waals surface area contributed by atoms with Crippen molar-refractivity contribution in [2.75, 3.05) is 24.7 Å². The highest BCUT2D eigenvalue weighted by atomic mass is 32.2. The molecule has 6 heteroatoms. The third kappa shape index (κ3) is 3.50. The van der Waals surface area contributed by atoms with Crippen LogP contribution in [0.5, 0.6) is 0 Å².